The monoisotopic (exact) mass is 194 g/mol. The average Bonchev–Trinajstić information content (AvgIpc) is 2.60. The molecule has 0 saturated heterocycles. The number of carbonyl (C=O) groups is 1. The Morgan fingerprint density at radius 1 is 1.64 bits per heavy atom. The second kappa shape index (κ2) is 4.21. The fourth-order valence-corrected chi connectivity index (χ4v) is 1.53. The molecule has 1 aliphatic carbocycles. The van der Waals surface area contributed by atoms with Crippen LogP contribution >= 0.6 is 0 Å². The van der Waals surface area contributed by atoms with Gasteiger partial charge in [-0.25, -0.2) is 4.98 Å². The van der Waals surface area contributed by atoms with E-state index in [1.54, 1.807) is 0 Å². The van der Waals surface area contributed by atoms with Gasteiger partial charge >= 0.3 is 0 Å². The summed E-state index contributed by atoms with van der Waals surface area (Å²) in [7, 11) is 0. The molecule has 1 aliphatic rings. The lowest BCUT2D eigenvalue weighted by atomic mass is 9.83. The maximum Gasteiger partial charge on any atom is 0.220 e. The first-order valence-electron chi connectivity index (χ1n) is 4.95. The van der Waals surface area contributed by atoms with Crippen molar-refractivity contribution in [1.82, 2.24) is 20.5 Å². The SMILES string of the molecule is O=C(CC1CCC1)NCc1ncn[nH]1. The number of aromatic nitrogens is 3. The molecule has 14 heavy (non-hydrogen) atoms. The Morgan fingerprint density at radius 3 is 3.07 bits per heavy atom. The van der Waals surface area contributed by atoms with Gasteiger partial charge in [0.15, 0.2) is 0 Å². The van der Waals surface area contributed by atoms with E-state index < -0.39 is 0 Å². The second-order valence-corrected chi connectivity index (χ2v) is 3.71. The largest absolute Gasteiger partial charge is 0.349 e. The van der Waals surface area contributed by atoms with Crippen LogP contribution in [-0.2, 0) is 11.3 Å². The number of H-pyrrole nitrogens is 1. The van der Waals surface area contributed by atoms with Gasteiger partial charge < -0.3 is 5.32 Å². The molecule has 1 heterocycles. The number of nitrogens with zero attached hydrogens (tertiary/aromatic N) is 2. The van der Waals surface area contributed by atoms with E-state index >= 15 is 0 Å². The number of hydrogen-bond donors (Lipinski definition) is 2. The smallest absolute Gasteiger partial charge is 0.220 e. The molecule has 0 unspecified atom stereocenters. The third kappa shape index (κ3) is 2.31. The van der Waals surface area contributed by atoms with Crippen LogP contribution in [0.1, 0.15) is 31.5 Å². The van der Waals surface area contributed by atoms with E-state index in [1.807, 2.05) is 0 Å². The predicted molar refractivity (Wildman–Crippen MR) is 50.2 cm³/mol. The van der Waals surface area contributed by atoms with Crippen molar-refractivity contribution < 1.29 is 4.79 Å². The minimum atomic E-state index is 0.117. The van der Waals surface area contributed by atoms with Gasteiger partial charge in [-0.1, -0.05) is 6.42 Å². The average molecular weight is 194 g/mol. The van der Waals surface area contributed by atoms with Gasteiger partial charge in [0.2, 0.25) is 5.91 Å². The molecule has 5 heteroatoms. The van der Waals surface area contributed by atoms with Gasteiger partial charge in [0, 0.05) is 6.42 Å². The molecule has 5 nitrogen and oxygen atoms in total. The summed E-state index contributed by atoms with van der Waals surface area (Å²) >= 11 is 0. The first kappa shape index (κ1) is 9.18. The number of amides is 1. The third-order valence-electron chi connectivity index (χ3n) is 2.62. The summed E-state index contributed by atoms with van der Waals surface area (Å²) in [6.07, 6.45) is 5.78. The Bertz CT molecular complexity index is 292. The van der Waals surface area contributed by atoms with Gasteiger partial charge in [0.25, 0.3) is 0 Å². The summed E-state index contributed by atoms with van der Waals surface area (Å²) in [4.78, 5) is 15.3. The zero-order valence-electron chi connectivity index (χ0n) is 7.99. The molecule has 1 aromatic heterocycles. The Hall–Kier alpha value is -1.39. The molecule has 1 saturated carbocycles. The van der Waals surface area contributed by atoms with Gasteiger partial charge in [-0.3, -0.25) is 9.89 Å². The predicted octanol–water partition coefficient (Wildman–Crippen LogP) is 0.611. The zero-order chi connectivity index (χ0) is 9.80. The molecular weight excluding hydrogens is 180 g/mol. The molecule has 0 aromatic carbocycles. The molecule has 2 rings (SSSR count). The lowest BCUT2D eigenvalue weighted by Gasteiger charge is -2.24. The highest BCUT2D eigenvalue weighted by Gasteiger charge is 2.20. The Morgan fingerprint density at radius 2 is 2.50 bits per heavy atom. The summed E-state index contributed by atoms with van der Waals surface area (Å²) < 4.78 is 0. The number of nitrogens with one attached hydrogen (secondary N) is 2. The second-order valence-electron chi connectivity index (χ2n) is 3.71. The minimum Gasteiger partial charge on any atom is -0.349 e. The maximum atomic E-state index is 11.4. The molecule has 0 aliphatic heterocycles. The van der Waals surface area contributed by atoms with Crippen LogP contribution in [0, 0.1) is 5.92 Å². The van der Waals surface area contributed by atoms with E-state index in [1.165, 1.54) is 25.6 Å². The fraction of sp³-hybridized carbons (Fsp3) is 0.667. The van der Waals surface area contributed by atoms with E-state index in [-0.39, 0.29) is 5.91 Å². The highest BCUT2D eigenvalue weighted by Crippen LogP contribution is 2.28. The van der Waals surface area contributed by atoms with E-state index in [9.17, 15) is 4.79 Å². The maximum absolute atomic E-state index is 11.4. The molecule has 2 N–H and O–H groups in total. The number of hydrogen-bond acceptors (Lipinski definition) is 3. The van der Waals surface area contributed by atoms with Crippen molar-refractivity contribution in [1.29, 1.82) is 0 Å². The molecular formula is C9H14N4O. The highest BCUT2D eigenvalue weighted by atomic mass is 16.1. The fourth-order valence-electron chi connectivity index (χ4n) is 1.53. The molecule has 76 valence electrons. The standard InChI is InChI=1S/C9H14N4O/c14-9(4-7-2-1-3-7)10-5-8-11-6-12-13-8/h6-7H,1-5H2,(H,10,14)(H,11,12,13). The lowest BCUT2D eigenvalue weighted by molar-refractivity contribution is -0.122. The van der Waals surface area contributed by atoms with Crippen molar-refractivity contribution in [3.05, 3.63) is 12.2 Å². The van der Waals surface area contributed by atoms with E-state index in [0.717, 1.165) is 0 Å². The van der Waals surface area contributed by atoms with E-state index in [0.29, 0.717) is 24.7 Å². The van der Waals surface area contributed by atoms with E-state index in [2.05, 4.69) is 20.5 Å². The quantitative estimate of drug-likeness (QED) is 0.737. The Balaban J connectivity index is 1.67. The molecule has 0 atom stereocenters. The number of carbonyl (C=O) groups excluding carboxylic acids is 1. The normalized spacial score (nSPS) is 16.3. The van der Waals surface area contributed by atoms with Crippen LogP contribution in [0.3, 0.4) is 0 Å². The van der Waals surface area contributed by atoms with Crippen LogP contribution in [0.25, 0.3) is 0 Å². The first-order chi connectivity index (χ1) is 6.84. The molecule has 0 spiro atoms. The van der Waals surface area contributed by atoms with Gasteiger partial charge in [-0.15, -0.1) is 0 Å². The zero-order valence-corrected chi connectivity index (χ0v) is 7.99. The first-order valence-corrected chi connectivity index (χ1v) is 4.95. The number of rotatable bonds is 4. The molecule has 1 aromatic rings. The van der Waals surface area contributed by atoms with Gasteiger partial charge in [-0.2, -0.15) is 5.10 Å². The van der Waals surface area contributed by atoms with Crippen LogP contribution in [0.5, 0.6) is 0 Å². The summed E-state index contributed by atoms with van der Waals surface area (Å²) in [5, 5.41) is 9.21. The van der Waals surface area contributed by atoms with Crippen molar-refractivity contribution in [2.45, 2.75) is 32.2 Å². The molecule has 1 amide bonds. The molecule has 1 fully saturated rings. The van der Waals surface area contributed by atoms with Crippen LogP contribution < -0.4 is 5.32 Å². The Kier molecular flexibility index (Phi) is 2.76. The summed E-state index contributed by atoms with van der Waals surface area (Å²) in [6.45, 7) is 0.450. The molecule has 0 bridgehead atoms. The lowest BCUT2D eigenvalue weighted by Crippen LogP contribution is -2.27. The van der Waals surface area contributed by atoms with Crippen LogP contribution in [-0.4, -0.2) is 21.1 Å². The van der Waals surface area contributed by atoms with Crippen LogP contribution in [0.2, 0.25) is 0 Å². The Labute approximate surface area is 82.3 Å². The van der Waals surface area contributed by atoms with E-state index in [4.69, 9.17) is 0 Å². The minimum absolute atomic E-state index is 0.117. The van der Waals surface area contributed by atoms with Gasteiger partial charge in [-0.05, 0) is 18.8 Å². The van der Waals surface area contributed by atoms with Crippen LogP contribution in [0.15, 0.2) is 6.33 Å². The molecule has 0 radical (unpaired) electrons. The van der Waals surface area contributed by atoms with Crippen LogP contribution in [0.4, 0.5) is 0 Å². The summed E-state index contributed by atoms with van der Waals surface area (Å²) in [6, 6.07) is 0. The summed E-state index contributed by atoms with van der Waals surface area (Å²) in [5.74, 6) is 1.43. The van der Waals surface area contributed by atoms with Crippen molar-refractivity contribution in [3.8, 4) is 0 Å². The van der Waals surface area contributed by atoms with Crippen molar-refractivity contribution in [2.24, 2.45) is 5.92 Å². The van der Waals surface area contributed by atoms with Gasteiger partial charge in [0.1, 0.15) is 12.2 Å². The summed E-state index contributed by atoms with van der Waals surface area (Å²) in [5.41, 5.74) is 0. The van der Waals surface area contributed by atoms with Crippen molar-refractivity contribution in [2.75, 3.05) is 0 Å². The topological polar surface area (TPSA) is 70.7 Å². The highest BCUT2D eigenvalue weighted by molar-refractivity contribution is 5.76. The van der Waals surface area contributed by atoms with Crippen molar-refractivity contribution in [3.63, 3.8) is 0 Å². The number of aromatic amines is 1. The third-order valence-corrected chi connectivity index (χ3v) is 2.62. The van der Waals surface area contributed by atoms with Gasteiger partial charge in [0.05, 0.1) is 6.54 Å². The van der Waals surface area contributed by atoms with Crippen molar-refractivity contribution >= 4 is 5.91 Å².